The van der Waals surface area contributed by atoms with E-state index >= 15 is 0 Å². The third-order valence-corrected chi connectivity index (χ3v) is 3.68. The van der Waals surface area contributed by atoms with Crippen LogP contribution in [-0.2, 0) is 11.3 Å². The maximum Gasteiger partial charge on any atom is 0.221 e. The zero-order valence-electron chi connectivity index (χ0n) is 13.6. The third-order valence-electron chi connectivity index (χ3n) is 3.68. The maximum atomic E-state index is 11.9. The molecule has 1 aliphatic carbocycles. The zero-order valence-corrected chi connectivity index (χ0v) is 16.0. The Hall–Kier alpha value is -1.25. The largest absolute Gasteiger partial charge is 0.467 e. The van der Waals surface area contributed by atoms with Gasteiger partial charge in [0.1, 0.15) is 12.3 Å². The second-order valence-electron chi connectivity index (χ2n) is 5.50. The van der Waals surface area contributed by atoms with Gasteiger partial charge < -0.3 is 20.4 Å². The number of nitrogens with one attached hydrogen (secondary N) is 3. The number of carbonyl (C=O) groups is 1. The fourth-order valence-corrected chi connectivity index (χ4v) is 2.57. The third kappa shape index (κ3) is 7.71. The molecule has 0 radical (unpaired) electrons. The molecule has 3 N–H and O–H groups in total. The average Bonchev–Trinajstić information content (AvgIpc) is 3.18. The van der Waals surface area contributed by atoms with E-state index < -0.39 is 0 Å². The highest BCUT2D eigenvalue weighted by Crippen LogP contribution is 2.17. The quantitative estimate of drug-likeness (QED) is 0.350. The van der Waals surface area contributed by atoms with E-state index in [0.717, 1.165) is 25.1 Å². The molecular weight excluding hydrogens is 407 g/mol. The van der Waals surface area contributed by atoms with E-state index in [1.54, 1.807) is 6.26 Å². The molecule has 0 bridgehead atoms. The van der Waals surface area contributed by atoms with Gasteiger partial charge in [0.2, 0.25) is 5.91 Å². The van der Waals surface area contributed by atoms with Gasteiger partial charge in [-0.05, 0) is 31.9 Å². The number of furan rings is 1. The SMILES string of the molecule is CCNC(=NCc1ccco1)NCCC(=O)NC1CCCC1.I. The summed E-state index contributed by atoms with van der Waals surface area (Å²) >= 11 is 0. The summed E-state index contributed by atoms with van der Waals surface area (Å²) in [5.41, 5.74) is 0. The van der Waals surface area contributed by atoms with Crippen LogP contribution in [0.2, 0.25) is 0 Å². The number of hydrogen-bond donors (Lipinski definition) is 3. The molecule has 0 atom stereocenters. The van der Waals surface area contributed by atoms with Crippen molar-refractivity contribution in [2.45, 2.75) is 51.6 Å². The van der Waals surface area contributed by atoms with Crippen LogP contribution in [0.1, 0.15) is 44.8 Å². The Labute approximate surface area is 154 Å². The minimum Gasteiger partial charge on any atom is -0.467 e. The molecule has 23 heavy (non-hydrogen) atoms. The van der Waals surface area contributed by atoms with Gasteiger partial charge in [0.25, 0.3) is 0 Å². The fraction of sp³-hybridized carbons (Fsp3) is 0.625. The minimum atomic E-state index is 0. The maximum absolute atomic E-state index is 11.9. The van der Waals surface area contributed by atoms with Crippen LogP contribution in [0.4, 0.5) is 0 Å². The Kier molecular flexibility index (Phi) is 9.74. The summed E-state index contributed by atoms with van der Waals surface area (Å²) in [6, 6.07) is 4.12. The van der Waals surface area contributed by atoms with Crippen LogP contribution in [0, 0.1) is 0 Å². The van der Waals surface area contributed by atoms with Gasteiger partial charge in [-0.25, -0.2) is 4.99 Å². The van der Waals surface area contributed by atoms with E-state index in [-0.39, 0.29) is 29.9 Å². The van der Waals surface area contributed by atoms with Crippen molar-refractivity contribution in [2.24, 2.45) is 4.99 Å². The van der Waals surface area contributed by atoms with Crippen LogP contribution >= 0.6 is 24.0 Å². The van der Waals surface area contributed by atoms with Gasteiger partial charge in [-0.3, -0.25) is 4.79 Å². The number of rotatable bonds is 7. The standard InChI is InChI=1S/C16H26N4O2.HI/c1-2-17-16(19-12-14-8-5-11-22-14)18-10-9-15(21)20-13-6-3-4-7-13;/h5,8,11,13H,2-4,6-7,9-10,12H2,1H3,(H,20,21)(H2,17,18,19);1H. The van der Waals surface area contributed by atoms with Crippen LogP contribution in [0.25, 0.3) is 0 Å². The molecule has 1 heterocycles. The number of halogens is 1. The number of amides is 1. The normalized spacial score (nSPS) is 15.1. The van der Waals surface area contributed by atoms with E-state index in [0.29, 0.717) is 31.5 Å². The van der Waals surface area contributed by atoms with Crippen molar-refractivity contribution >= 4 is 35.8 Å². The molecule has 2 rings (SSSR count). The Bertz CT molecular complexity index is 470. The summed E-state index contributed by atoms with van der Waals surface area (Å²) in [5, 5.41) is 9.42. The van der Waals surface area contributed by atoms with Gasteiger partial charge in [-0.1, -0.05) is 12.8 Å². The molecule has 1 aromatic rings. The Morgan fingerprint density at radius 2 is 2.13 bits per heavy atom. The van der Waals surface area contributed by atoms with Gasteiger partial charge in [-0.2, -0.15) is 0 Å². The molecule has 1 aromatic heterocycles. The van der Waals surface area contributed by atoms with Crippen LogP contribution in [0.5, 0.6) is 0 Å². The van der Waals surface area contributed by atoms with Crippen LogP contribution < -0.4 is 16.0 Å². The van der Waals surface area contributed by atoms with Crippen molar-refractivity contribution < 1.29 is 9.21 Å². The summed E-state index contributed by atoms with van der Waals surface area (Å²) in [4.78, 5) is 16.3. The summed E-state index contributed by atoms with van der Waals surface area (Å²) in [6.45, 7) is 3.84. The fourth-order valence-electron chi connectivity index (χ4n) is 2.57. The molecule has 0 spiro atoms. The van der Waals surface area contributed by atoms with Gasteiger partial charge >= 0.3 is 0 Å². The molecule has 130 valence electrons. The first-order valence-corrected chi connectivity index (χ1v) is 8.12. The van der Waals surface area contributed by atoms with E-state index in [9.17, 15) is 4.79 Å². The molecule has 0 unspecified atom stereocenters. The highest BCUT2D eigenvalue weighted by molar-refractivity contribution is 14.0. The number of guanidine groups is 1. The lowest BCUT2D eigenvalue weighted by atomic mass is 10.2. The van der Waals surface area contributed by atoms with Gasteiger partial charge in [-0.15, -0.1) is 24.0 Å². The van der Waals surface area contributed by atoms with Crippen molar-refractivity contribution in [2.75, 3.05) is 13.1 Å². The lowest BCUT2D eigenvalue weighted by Gasteiger charge is -2.13. The van der Waals surface area contributed by atoms with E-state index in [1.165, 1.54) is 12.8 Å². The summed E-state index contributed by atoms with van der Waals surface area (Å²) < 4.78 is 5.25. The van der Waals surface area contributed by atoms with Crippen molar-refractivity contribution in [3.05, 3.63) is 24.2 Å². The average molecular weight is 434 g/mol. The first kappa shape index (κ1) is 19.8. The van der Waals surface area contributed by atoms with Crippen molar-refractivity contribution in [1.82, 2.24) is 16.0 Å². The molecular formula is C16H27IN4O2. The Morgan fingerprint density at radius 1 is 1.35 bits per heavy atom. The molecule has 0 saturated heterocycles. The predicted molar refractivity (Wildman–Crippen MR) is 102 cm³/mol. The minimum absolute atomic E-state index is 0. The highest BCUT2D eigenvalue weighted by atomic mass is 127. The van der Waals surface area contributed by atoms with E-state index in [4.69, 9.17) is 4.42 Å². The first-order valence-electron chi connectivity index (χ1n) is 8.12. The number of nitrogens with zero attached hydrogens (tertiary/aromatic N) is 1. The summed E-state index contributed by atoms with van der Waals surface area (Å²) in [7, 11) is 0. The van der Waals surface area contributed by atoms with Crippen LogP contribution in [-0.4, -0.2) is 31.0 Å². The van der Waals surface area contributed by atoms with Gasteiger partial charge in [0, 0.05) is 25.6 Å². The Morgan fingerprint density at radius 3 is 2.78 bits per heavy atom. The van der Waals surface area contributed by atoms with Crippen molar-refractivity contribution in [3.63, 3.8) is 0 Å². The van der Waals surface area contributed by atoms with Gasteiger partial charge in [0.15, 0.2) is 5.96 Å². The highest BCUT2D eigenvalue weighted by Gasteiger charge is 2.16. The number of hydrogen-bond acceptors (Lipinski definition) is 3. The Balaban J connectivity index is 0.00000264. The topological polar surface area (TPSA) is 78.7 Å². The lowest BCUT2D eigenvalue weighted by molar-refractivity contribution is -0.121. The molecule has 7 heteroatoms. The zero-order chi connectivity index (χ0) is 15.6. The number of carbonyl (C=O) groups excluding carboxylic acids is 1. The second kappa shape index (κ2) is 11.3. The monoisotopic (exact) mass is 434 g/mol. The van der Waals surface area contributed by atoms with E-state index in [1.807, 2.05) is 19.1 Å². The number of aliphatic imine (C=N–C) groups is 1. The summed E-state index contributed by atoms with van der Waals surface area (Å²) in [6.07, 6.45) is 6.79. The molecule has 6 nitrogen and oxygen atoms in total. The van der Waals surface area contributed by atoms with E-state index in [2.05, 4.69) is 20.9 Å². The molecule has 1 saturated carbocycles. The van der Waals surface area contributed by atoms with Crippen molar-refractivity contribution in [3.8, 4) is 0 Å². The lowest BCUT2D eigenvalue weighted by Crippen LogP contribution is -2.40. The smallest absolute Gasteiger partial charge is 0.221 e. The van der Waals surface area contributed by atoms with Crippen molar-refractivity contribution in [1.29, 1.82) is 0 Å². The van der Waals surface area contributed by atoms with Crippen LogP contribution in [0.3, 0.4) is 0 Å². The molecule has 1 amide bonds. The molecule has 1 aliphatic rings. The second-order valence-corrected chi connectivity index (χ2v) is 5.50. The predicted octanol–water partition coefficient (Wildman–Crippen LogP) is 2.40. The molecule has 0 aromatic carbocycles. The molecule has 0 aliphatic heterocycles. The van der Waals surface area contributed by atoms with Crippen LogP contribution in [0.15, 0.2) is 27.8 Å². The summed E-state index contributed by atoms with van der Waals surface area (Å²) in [5.74, 6) is 1.63. The first-order chi connectivity index (χ1) is 10.8. The van der Waals surface area contributed by atoms with Gasteiger partial charge in [0.05, 0.1) is 6.26 Å². The molecule has 1 fully saturated rings.